The number of thiazole rings is 1. The molecule has 1 N–H and O–H groups in total. The monoisotopic (exact) mass is 449 g/mol. The third-order valence-electron chi connectivity index (χ3n) is 5.01. The second kappa shape index (κ2) is 7.93. The number of rotatable bonds is 3. The number of carbonyl (C=O) groups excluding carboxylic acids is 1. The molecule has 0 aliphatic heterocycles. The number of aromatic nitrogens is 2. The lowest BCUT2D eigenvalue weighted by molar-refractivity contribution is 0.0544. The number of nitriles is 1. The van der Waals surface area contributed by atoms with Crippen molar-refractivity contribution in [2.24, 2.45) is 0 Å². The Balaban J connectivity index is 1.87. The van der Waals surface area contributed by atoms with E-state index in [0.29, 0.717) is 38.3 Å². The molecular formula is C24H23N3O4S. The SMILES string of the molecule is COc1cc(C)c2c(ccn2C(=O)OC(C)(C)C)c1C(O)c1nc2ccc(C#N)cc2s1. The third-order valence-corrected chi connectivity index (χ3v) is 6.09. The fourth-order valence-corrected chi connectivity index (χ4v) is 4.70. The van der Waals surface area contributed by atoms with Crippen molar-refractivity contribution in [1.29, 1.82) is 5.26 Å². The van der Waals surface area contributed by atoms with Gasteiger partial charge < -0.3 is 14.6 Å². The summed E-state index contributed by atoms with van der Waals surface area (Å²) in [6.45, 7) is 7.31. The van der Waals surface area contributed by atoms with Gasteiger partial charge in [0.25, 0.3) is 0 Å². The lowest BCUT2D eigenvalue weighted by atomic mass is 10.0. The van der Waals surface area contributed by atoms with Crippen LogP contribution in [0, 0.1) is 18.3 Å². The summed E-state index contributed by atoms with van der Waals surface area (Å²) in [5, 5.41) is 21.6. The molecule has 2 aromatic heterocycles. The van der Waals surface area contributed by atoms with Crippen molar-refractivity contribution >= 4 is 38.5 Å². The second-order valence-electron chi connectivity index (χ2n) is 8.49. The molecule has 2 aromatic carbocycles. The summed E-state index contributed by atoms with van der Waals surface area (Å²) in [7, 11) is 1.54. The molecule has 7 nitrogen and oxygen atoms in total. The van der Waals surface area contributed by atoms with Crippen LogP contribution < -0.4 is 4.74 Å². The molecule has 0 radical (unpaired) electrons. The van der Waals surface area contributed by atoms with Gasteiger partial charge in [0.05, 0.1) is 34.5 Å². The molecule has 8 heteroatoms. The van der Waals surface area contributed by atoms with E-state index in [1.54, 1.807) is 43.6 Å². The quantitative estimate of drug-likeness (QED) is 0.455. The largest absolute Gasteiger partial charge is 0.496 e. The Morgan fingerprint density at radius 1 is 1.28 bits per heavy atom. The highest BCUT2D eigenvalue weighted by molar-refractivity contribution is 7.18. The number of nitrogens with zero attached hydrogens (tertiary/aromatic N) is 3. The Kier molecular flexibility index (Phi) is 5.41. The minimum Gasteiger partial charge on any atom is -0.496 e. The van der Waals surface area contributed by atoms with Gasteiger partial charge in [-0.3, -0.25) is 4.57 Å². The van der Waals surface area contributed by atoms with E-state index in [1.807, 2.05) is 27.7 Å². The zero-order chi connectivity index (χ0) is 23.2. The van der Waals surface area contributed by atoms with Crippen molar-refractivity contribution in [3.63, 3.8) is 0 Å². The summed E-state index contributed by atoms with van der Waals surface area (Å²) < 4.78 is 13.4. The predicted octanol–water partition coefficient (Wildman–Crippen LogP) is 5.30. The Labute approximate surface area is 189 Å². The van der Waals surface area contributed by atoms with E-state index in [9.17, 15) is 9.90 Å². The van der Waals surface area contributed by atoms with Gasteiger partial charge in [0, 0.05) is 17.1 Å². The zero-order valence-corrected chi connectivity index (χ0v) is 19.3. The summed E-state index contributed by atoms with van der Waals surface area (Å²) in [4.78, 5) is 17.3. The number of hydrogen-bond donors (Lipinski definition) is 1. The summed E-state index contributed by atoms with van der Waals surface area (Å²) in [5.41, 5.74) is 2.58. The van der Waals surface area contributed by atoms with E-state index >= 15 is 0 Å². The lowest BCUT2D eigenvalue weighted by Crippen LogP contribution is -2.26. The van der Waals surface area contributed by atoms with E-state index in [1.165, 1.54) is 15.9 Å². The van der Waals surface area contributed by atoms with Gasteiger partial charge >= 0.3 is 6.09 Å². The summed E-state index contributed by atoms with van der Waals surface area (Å²) >= 11 is 1.32. The van der Waals surface area contributed by atoms with E-state index in [2.05, 4.69) is 11.1 Å². The number of aliphatic hydroxyl groups is 1. The maximum atomic E-state index is 12.8. The van der Waals surface area contributed by atoms with Crippen LogP contribution in [0.4, 0.5) is 4.79 Å². The van der Waals surface area contributed by atoms with Gasteiger partial charge in [-0.1, -0.05) is 0 Å². The maximum Gasteiger partial charge on any atom is 0.419 e. The third kappa shape index (κ3) is 3.81. The van der Waals surface area contributed by atoms with Gasteiger partial charge in [-0.15, -0.1) is 11.3 Å². The van der Waals surface area contributed by atoms with Crippen LogP contribution in [0.25, 0.3) is 21.1 Å². The molecule has 1 atom stereocenters. The Morgan fingerprint density at radius 3 is 2.69 bits per heavy atom. The van der Waals surface area contributed by atoms with Crippen LogP contribution in [0.15, 0.2) is 36.5 Å². The molecule has 4 rings (SSSR count). The molecule has 0 aliphatic rings. The number of hydrogen-bond acceptors (Lipinski definition) is 7. The molecule has 0 bridgehead atoms. The Bertz CT molecular complexity index is 1390. The molecule has 4 aromatic rings. The number of ether oxygens (including phenoxy) is 2. The first-order valence-corrected chi connectivity index (χ1v) is 10.8. The van der Waals surface area contributed by atoms with Crippen molar-refractivity contribution in [2.45, 2.75) is 39.4 Å². The van der Waals surface area contributed by atoms with Crippen LogP contribution in [0.1, 0.15) is 48.6 Å². The highest BCUT2D eigenvalue weighted by Gasteiger charge is 2.27. The molecule has 0 fully saturated rings. The topological polar surface area (TPSA) is 97.4 Å². The smallest absolute Gasteiger partial charge is 0.419 e. The normalized spacial score (nSPS) is 12.7. The maximum absolute atomic E-state index is 12.8. The van der Waals surface area contributed by atoms with E-state index in [0.717, 1.165) is 10.3 Å². The van der Waals surface area contributed by atoms with E-state index in [-0.39, 0.29) is 0 Å². The number of benzene rings is 2. The molecule has 2 heterocycles. The fourth-order valence-electron chi connectivity index (χ4n) is 3.69. The van der Waals surface area contributed by atoms with Crippen LogP contribution in [0.2, 0.25) is 0 Å². The molecule has 0 aliphatic carbocycles. The van der Waals surface area contributed by atoms with Crippen LogP contribution in [-0.2, 0) is 4.74 Å². The van der Waals surface area contributed by atoms with Crippen molar-refractivity contribution in [3.05, 3.63) is 58.2 Å². The van der Waals surface area contributed by atoms with E-state index < -0.39 is 17.8 Å². The highest BCUT2D eigenvalue weighted by Crippen LogP contribution is 2.40. The molecule has 0 saturated carbocycles. The summed E-state index contributed by atoms with van der Waals surface area (Å²) in [5.74, 6) is 0.501. The first-order valence-electron chi connectivity index (χ1n) is 10.0. The average Bonchev–Trinajstić information content (AvgIpc) is 3.36. The number of aliphatic hydroxyl groups excluding tert-OH is 1. The van der Waals surface area contributed by atoms with Crippen molar-refractivity contribution in [1.82, 2.24) is 9.55 Å². The minimum absolute atomic E-state index is 0.476. The molecule has 0 amide bonds. The van der Waals surface area contributed by atoms with Gasteiger partial charge in [-0.25, -0.2) is 9.78 Å². The molecule has 164 valence electrons. The number of fused-ring (bicyclic) bond motifs is 2. The number of carbonyl (C=O) groups is 1. The van der Waals surface area contributed by atoms with Gasteiger partial charge in [0.2, 0.25) is 0 Å². The zero-order valence-electron chi connectivity index (χ0n) is 18.5. The van der Waals surface area contributed by atoms with Crippen LogP contribution in [-0.4, -0.2) is 33.5 Å². The van der Waals surface area contributed by atoms with Crippen molar-refractivity contribution in [2.75, 3.05) is 7.11 Å². The Hall–Kier alpha value is -3.41. The van der Waals surface area contributed by atoms with Crippen LogP contribution in [0.3, 0.4) is 0 Å². The first-order chi connectivity index (χ1) is 15.1. The van der Waals surface area contributed by atoms with Gasteiger partial charge in [-0.2, -0.15) is 5.26 Å². The van der Waals surface area contributed by atoms with Crippen LogP contribution >= 0.6 is 11.3 Å². The molecular weight excluding hydrogens is 426 g/mol. The van der Waals surface area contributed by atoms with Gasteiger partial charge in [0.15, 0.2) is 0 Å². The predicted molar refractivity (Wildman–Crippen MR) is 123 cm³/mol. The second-order valence-corrected chi connectivity index (χ2v) is 9.55. The molecule has 1 unspecified atom stereocenters. The van der Waals surface area contributed by atoms with E-state index in [4.69, 9.17) is 14.7 Å². The molecule has 0 saturated heterocycles. The molecule has 32 heavy (non-hydrogen) atoms. The van der Waals surface area contributed by atoms with Crippen molar-refractivity contribution < 1.29 is 19.4 Å². The number of aryl methyl sites for hydroxylation is 1. The molecule has 0 spiro atoms. The van der Waals surface area contributed by atoms with Gasteiger partial charge in [-0.05, 0) is 63.6 Å². The standard InChI is InChI=1S/C24H23N3O4S/c1-13-10-17(30-5)19(15-8-9-27(20(13)15)23(29)31-24(2,3)4)21(28)22-26-16-7-6-14(12-25)11-18(16)32-22/h6-11,21,28H,1-5H3. The van der Waals surface area contributed by atoms with Crippen LogP contribution in [0.5, 0.6) is 5.75 Å². The average molecular weight is 450 g/mol. The summed E-state index contributed by atoms with van der Waals surface area (Å²) in [6.07, 6.45) is 0.0644. The summed E-state index contributed by atoms with van der Waals surface area (Å²) in [6, 6.07) is 10.9. The highest BCUT2D eigenvalue weighted by atomic mass is 32.1. The van der Waals surface area contributed by atoms with Crippen molar-refractivity contribution in [3.8, 4) is 11.8 Å². The van der Waals surface area contributed by atoms with Gasteiger partial charge in [0.1, 0.15) is 22.5 Å². The Morgan fingerprint density at radius 2 is 2.03 bits per heavy atom. The first kappa shape index (κ1) is 21.8. The lowest BCUT2D eigenvalue weighted by Gasteiger charge is -2.21. The fraction of sp³-hybridized carbons (Fsp3) is 0.292. The number of methoxy groups -OCH3 is 1. The minimum atomic E-state index is -1.08.